The van der Waals surface area contributed by atoms with Crippen LogP contribution in [0.3, 0.4) is 0 Å². The zero-order chi connectivity index (χ0) is 4.99. The summed E-state index contributed by atoms with van der Waals surface area (Å²) in [6, 6.07) is 0. The summed E-state index contributed by atoms with van der Waals surface area (Å²) in [4.78, 5) is 9.53. The Kier molecular flexibility index (Phi) is 9.86. The summed E-state index contributed by atoms with van der Waals surface area (Å²) >= 11 is 4.35. The maximum absolute atomic E-state index is 9.53. The molecule has 1 N–H and O–H groups in total. The molecule has 0 radical (unpaired) electrons. The summed E-state index contributed by atoms with van der Waals surface area (Å²) in [5.74, 6) is -0.500. The van der Waals surface area contributed by atoms with Gasteiger partial charge in [0.2, 0.25) is 0 Å². The Balaban J connectivity index is 0. The Morgan fingerprint density at radius 2 is 2.14 bits per heavy atom. The van der Waals surface area contributed by atoms with Crippen molar-refractivity contribution in [2.24, 2.45) is 0 Å². The molecule has 4 heteroatoms. The predicted octanol–water partition coefficient (Wildman–Crippen LogP) is 0.00550. The SMILES string of the molecule is O=C(O)CC[S-].[Ag+]. The first-order valence-corrected chi connectivity index (χ1v) is 2.15. The second-order valence-corrected chi connectivity index (χ2v) is 1.26. The van der Waals surface area contributed by atoms with Gasteiger partial charge in [-0.25, -0.2) is 0 Å². The molecule has 0 atom stereocenters. The van der Waals surface area contributed by atoms with Crippen LogP contribution in [0.25, 0.3) is 0 Å². The van der Waals surface area contributed by atoms with E-state index in [1.165, 1.54) is 0 Å². The Morgan fingerprint density at radius 3 is 2.14 bits per heavy atom. The van der Waals surface area contributed by atoms with Crippen molar-refractivity contribution in [2.75, 3.05) is 5.75 Å². The summed E-state index contributed by atoms with van der Waals surface area (Å²) in [7, 11) is 0. The van der Waals surface area contributed by atoms with Crippen molar-refractivity contribution in [3.63, 3.8) is 0 Å². The van der Waals surface area contributed by atoms with Gasteiger partial charge in [-0.1, -0.05) is 0 Å². The van der Waals surface area contributed by atoms with Crippen molar-refractivity contribution in [1.82, 2.24) is 0 Å². The van der Waals surface area contributed by atoms with E-state index in [2.05, 4.69) is 12.6 Å². The molecule has 0 fully saturated rings. The average Bonchev–Trinajstić information content (AvgIpc) is 1.35. The minimum Gasteiger partial charge on any atom is -0.792 e. The van der Waals surface area contributed by atoms with E-state index in [0.717, 1.165) is 0 Å². The van der Waals surface area contributed by atoms with Gasteiger partial charge < -0.3 is 17.7 Å². The van der Waals surface area contributed by atoms with E-state index >= 15 is 0 Å². The van der Waals surface area contributed by atoms with Crippen LogP contribution in [0.4, 0.5) is 0 Å². The summed E-state index contributed by atoms with van der Waals surface area (Å²) in [6.45, 7) is 0. The van der Waals surface area contributed by atoms with E-state index in [4.69, 9.17) is 5.11 Å². The molecule has 0 aromatic rings. The molecule has 0 bridgehead atoms. The van der Waals surface area contributed by atoms with Gasteiger partial charge in [0.15, 0.2) is 0 Å². The Hall–Kier alpha value is 0.560. The van der Waals surface area contributed by atoms with Gasteiger partial charge in [-0.2, -0.15) is 5.75 Å². The van der Waals surface area contributed by atoms with Crippen LogP contribution in [0.5, 0.6) is 0 Å². The van der Waals surface area contributed by atoms with Crippen molar-refractivity contribution in [3.8, 4) is 0 Å². The minimum atomic E-state index is -0.815. The van der Waals surface area contributed by atoms with Gasteiger partial charge in [-0.3, -0.25) is 4.79 Å². The molecule has 0 heterocycles. The predicted molar refractivity (Wildman–Crippen MR) is 24.5 cm³/mol. The van der Waals surface area contributed by atoms with Crippen molar-refractivity contribution in [1.29, 1.82) is 0 Å². The Morgan fingerprint density at radius 1 is 1.71 bits per heavy atom. The van der Waals surface area contributed by atoms with Crippen LogP contribution in [0, 0.1) is 0 Å². The molecular weight excluding hydrogens is 208 g/mol. The standard InChI is InChI=1S/C3H6O2S.Ag/c4-3(5)1-2-6;/h6H,1-2H2,(H,4,5);/q;+1/p-1. The van der Waals surface area contributed by atoms with E-state index in [0.29, 0.717) is 5.75 Å². The van der Waals surface area contributed by atoms with Crippen LogP contribution in [-0.2, 0) is 39.8 Å². The van der Waals surface area contributed by atoms with Gasteiger partial charge in [0.05, 0.1) is 0 Å². The van der Waals surface area contributed by atoms with E-state index in [9.17, 15) is 4.79 Å². The molecule has 0 saturated carbocycles. The van der Waals surface area contributed by atoms with Gasteiger partial charge in [0.25, 0.3) is 0 Å². The van der Waals surface area contributed by atoms with Crippen LogP contribution < -0.4 is 0 Å². The largest absolute Gasteiger partial charge is 1.00 e. The summed E-state index contributed by atoms with van der Waals surface area (Å²) in [5, 5.41) is 7.85. The van der Waals surface area contributed by atoms with E-state index < -0.39 is 5.97 Å². The molecule has 0 rings (SSSR count). The van der Waals surface area contributed by atoms with E-state index in [1.807, 2.05) is 0 Å². The summed E-state index contributed by atoms with van der Waals surface area (Å²) < 4.78 is 0. The average molecular weight is 213 g/mol. The number of rotatable bonds is 2. The van der Waals surface area contributed by atoms with E-state index in [-0.39, 0.29) is 28.8 Å². The molecule has 7 heavy (non-hydrogen) atoms. The maximum atomic E-state index is 9.53. The number of carboxylic acid groups (broad SMARTS) is 1. The van der Waals surface area contributed by atoms with Gasteiger partial charge >= 0.3 is 28.3 Å². The third kappa shape index (κ3) is 10.8. The molecule has 0 aliphatic carbocycles. The molecule has 0 aromatic carbocycles. The van der Waals surface area contributed by atoms with Crippen molar-refractivity contribution < 1.29 is 32.3 Å². The first-order chi connectivity index (χ1) is 2.77. The normalized spacial score (nSPS) is 7.00. The zero-order valence-corrected chi connectivity index (χ0v) is 5.78. The number of carboxylic acids is 1. The second kappa shape index (κ2) is 6.56. The van der Waals surface area contributed by atoms with Crippen molar-refractivity contribution in [2.45, 2.75) is 6.42 Å². The Bertz CT molecular complexity index is 56.9. The van der Waals surface area contributed by atoms with E-state index in [1.54, 1.807) is 0 Å². The molecule has 2 nitrogen and oxygen atoms in total. The first kappa shape index (κ1) is 10.5. The van der Waals surface area contributed by atoms with Gasteiger partial charge in [0, 0.05) is 6.42 Å². The molecule has 0 aromatic heterocycles. The molecular formula is C3H5AgO2S. The third-order valence-electron chi connectivity index (χ3n) is 0.316. The van der Waals surface area contributed by atoms with Gasteiger partial charge in [0.1, 0.15) is 0 Å². The Labute approximate surface area is 63.2 Å². The number of aliphatic carboxylic acids is 1. The van der Waals surface area contributed by atoms with Crippen LogP contribution in [-0.4, -0.2) is 16.8 Å². The molecule has 0 spiro atoms. The fourth-order valence-corrected chi connectivity index (χ4v) is 0.262. The molecule has 0 aliphatic heterocycles. The monoisotopic (exact) mass is 212 g/mol. The first-order valence-electron chi connectivity index (χ1n) is 1.57. The smallest absolute Gasteiger partial charge is 0.792 e. The summed E-state index contributed by atoms with van der Waals surface area (Å²) in [6.07, 6.45) is 0.106. The van der Waals surface area contributed by atoms with Crippen LogP contribution in [0.2, 0.25) is 0 Å². The molecule has 0 saturated heterocycles. The van der Waals surface area contributed by atoms with Crippen molar-refractivity contribution in [3.05, 3.63) is 0 Å². The summed E-state index contributed by atoms with van der Waals surface area (Å²) in [5.41, 5.74) is 0. The van der Waals surface area contributed by atoms with Crippen LogP contribution in [0.15, 0.2) is 0 Å². The van der Waals surface area contributed by atoms with Crippen LogP contribution >= 0.6 is 0 Å². The zero-order valence-electron chi connectivity index (χ0n) is 3.48. The van der Waals surface area contributed by atoms with Crippen molar-refractivity contribution >= 4 is 18.6 Å². The third-order valence-corrected chi connectivity index (χ3v) is 0.520. The fourth-order valence-electron chi connectivity index (χ4n) is 0.0873. The number of hydrogen-bond donors (Lipinski definition) is 1. The number of carbonyl (C=O) groups is 1. The molecule has 0 aliphatic rings. The minimum absolute atomic E-state index is 0. The maximum Gasteiger partial charge on any atom is 1.00 e. The molecule has 0 amide bonds. The quantitative estimate of drug-likeness (QED) is 0.518. The number of hydrogen-bond acceptors (Lipinski definition) is 2. The fraction of sp³-hybridized carbons (Fsp3) is 0.667. The topological polar surface area (TPSA) is 37.3 Å². The molecule has 0 unspecified atom stereocenters. The second-order valence-electron chi connectivity index (χ2n) is 0.848. The van der Waals surface area contributed by atoms with Crippen LogP contribution in [0.1, 0.15) is 6.42 Å². The van der Waals surface area contributed by atoms with Gasteiger partial charge in [-0.05, 0) is 0 Å². The van der Waals surface area contributed by atoms with Gasteiger partial charge in [-0.15, -0.1) is 0 Å². The molecule has 46 valence electrons.